The number of nitrogens with one attached hydrogen (secondary N) is 1. The van der Waals surface area contributed by atoms with Crippen molar-refractivity contribution in [3.63, 3.8) is 0 Å². The van der Waals surface area contributed by atoms with E-state index in [1.54, 1.807) is 0 Å². The van der Waals surface area contributed by atoms with Crippen LogP contribution in [0.15, 0.2) is 0 Å². The molecule has 92 valence electrons. The number of hydrogen-bond acceptors (Lipinski definition) is 3. The highest BCUT2D eigenvalue weighted by Crippen LogP contribution is 2.37. The Morgan fingerprint density at radius 2 is 2.06 bits per heavy atom. The van der Waals surface area contributed by atoms with Gasteiger partial charge >= 0.3 is 12.1 Å². The molecule has 0 spiro atoms. The number of pyridine rings is 1. The number of alkyl halides is 3. The van der Waals surface area contributed by atoms with Crippen LogP contribution in [0.3, 0.4) is 0 Å². The van der Waals surface area contributed by atoms with Crippen LogP contribution in [0.4, 0.5) is 13.2 Å². The van der Waals surface area contributed by atoms with Crippen LogP contribution in [-0.2, 0) is 19.3 Å². The first-order chi connectivity index (χ1) is 7.82. The Labute approximate surface area is 98.4 Å². The van der Waals surface area contributed by atoms with Crippen LogP contribution in [0.1, 0.15) is 27.3 Å². The van der Waals surface area contributed by atoms with Gasteiger partial charge in [-0.2, -0.15) is 13.2 Å². The monoisotopic (exact) mass is 266 g/mol. The highest BCUT2D eigenvalue weighted by Gasteiger charge is 2.39. The highest BCUT2D eigenvalue weighted by molar-refractivity contribution is 6.34. The van der Waals surface area contributed by atoms with Crippen LogP contribution in [-0.4, -0.2) is 16.1 Å². The van der Waals surface area contributed by atoms with E-state index in [0.29, 0.717) is 0 Å². The number of aromatic carboxylic acids is 1. The molecule has 4 nitrogen and oxygen atoms in total. The summed E-state index contributed by atoms with van der Waals surface area (Å²) in [6.07, 6.45) is -4.76. The average molecular weight is 267 g/mol. The summed E-state index contributed by atoms with van der Waals surface area (Å²) in [4.78, 5) is 14.3. The number of hydrogen-bond donors (Lipinski definition) is 2. The molecule has 2 heterocycles. The molecule has 0 saturated carbocycles. The van der Waals surface area contributed by atoms with Gasteiger partial charge in [-0.1, -0.05) is 11.6 Å². The Kier molecular flexibility index (Phi) is 2.75. The van der Waals surface area contributed by atoms with Gasteiger partial charge in [0.15, 0.2) is 5.69 Å². The summed E-state index contributed by atoms with van der Waals surface area (Å²) in [6.45, 7) is 0.262. The Balaban J connectivity index is 2.74. The van der Waals surface area contributed by atoms with Crippen LogP contribution in [0.25, 0.3) is 0 Å². The smallest absolute Gasteiger partial charge is 0.434 e. The fourth-order valence-corrected chi connectivity index (χ4v) is 2.04. The molecule has 0 atom stereocenters. The normalized spacial score (nSPS) is 14.8. The Morgan fingerprint density at radius 1 is 1.41 bits per heavy atom. The number of carboxylic acids is 1. The molecule has 0 bridgehead atoms. The molecule has 0 unspecified atom stereocenters. The predicted molar refractivity (Wildman–Crippen MR) is 51.8 cm³/mol. The van der Waals surface area contributed by atoms with Gasteiger partial charge in [-0.25, -0.2) is 9.78 Å². The van der Waals surface area contributed by atoms with Crippen LogP contribution >= 0.6 is 11.6 Å². The van der Waals surface area contributed by atoms with Crippen molar-refractivity contribution < 1.29 is 23.1 Å². The van der Waals surface area contributed by atoms with Crippen molar-refractivity contribution in [3.8, 4) is 0 Å². The van der Waals surface area contributed by atoms with Crippen molar-refractivity contribution in [2.24, 2.45) is 0 Å². The van der Waals surface area contributed by atoms with E-state index in [0.717, 1.165) is 0 Å². The second-order valence-electron chi connectivity index (χ2n) is 3.48. The van der Waals surface area contributed by atoms with Crippen molar-refractivity contribution in [2.45, 2.75) is 19.3 Å². The summed E-state index contributed by atoms with van der Waals surface area (Å²) in [5, 5.41) is 10.8. The third-order valence-electron chi connectivity index (χ3n) is 2.40. The van der Waals surface area contributed by atoms with Gasteiger partial charge < -0.3 is 10.4 Å². The van der Waals surface area contributed by atoms with Gasteiger partial charge in [-0.3, -0.25) is 0 Å². The maximum Gasteiger partial charge on any atom is 0.434 e. The molecule has 0 aromatic carbocycles. The zero-order chi connectivity index (χ0) is 12.8. The van der Waals surface area contributed by atoms with E-state index in [-0.39, 0.29) is 24.3 Å². The van der Waals surface area contributed by atoms with Crippen LogP contribution < -0.4 is 5.32 Å². The van der Waals surface area contributed by atoms with Crippen LogP contribution in [0, 0.1) is 0 Å². The number of nitrogens with zero attached hydrogens (tertiary/aromatic N) is 1. The molecule has 17 heavy (non-hydrogen) atoms. The molecule has 0 radical (unpaired) electrons. The number of carboxylic acid groups (broad SMARTS) is 1. The predicted octanol–water partition coefficient (Wildman–Crippen LogP) is 2.06. The largest absolute Gasteiger partial charge is 0.478 e. The molecular formula is C9H6ClF3N2O2. The SMILES string of the molecule is O=C(O)c1c(Cl)c(C(F)(F)F)nc2c1CNC2. The lowest BCUT2D eigenvalue weighted by Crippen LogP contribution is -2.15. The minimum Gasteiger partial charge on any atom is -0.478 e. The molecule has 2 rings (SSSR count). The van der Waals surface area contributed by atoms with Gasteiger partial charge in [0, 0.05) is 18.7 Å². The fraction of sp³-hybridized carbons (Fsp3) is 0.333. The Morgan fingerprint density at radius 3 is 2.59 bits per heavy atom. The summed E-state index contributed by atoms with van der Waals surface area (Å²) >= 11 is 5.48. The molecule has 1 aliphatic rings. The summed E-state index contributed by atoms with van der Waals surface area (Å²) in [6, 6.07) is 0. The number of fused-ring (bicyclic) bond motifs is 1. The van der Waals surface area contributed by atoms with E-state index in [4.69, 9.17) is 16.7 Å². The van der Waals surface area contributed by atoms with E-state index in [1.807, 2.05) is 0 Å². The van der Waals surface area contributed by atoms with Gasteiger partial charge in [0.05, 0.1) is 16.3 Å². The van der Waals surface area contributed by atoms with Crippen molar-refractivity contribution >= 4 is 17.6 Å². The molecule has 0 fully saturated rings. The quantitative estimate of drug-likeness (QED) is 0.817. The fourth-order valence-electron chi connectivity index (χ4n) is 1.70. The molecule has 2 N–H and O–H groups in total. The third-order valence-corrected chi connectivity index (χ3v) is 2.77. The number of aromatic nitrogens is 1. The standard InChI is InChI=1S/C9H6ClF3N2O2/c10-6-5(8(16)17)3-1-14-2-4(3)15-7(6)9(11,12)13/h14H,1-2H2,(H,16,17). The summed E-state index contributed by atoms with van der Waals surface area (Å²) in [5.41, 5.74) is -1.57. The minimum absolute atomic E-state index is 0.0825. The van der Waals surface area contributed by atoms with Crippen molar-refractivity contribution in [1.29, 1.82) is 0 Å². The lowest BCUT2D eigenvalue weighted by molar-refractivity contribution is -0.141. The van der Waals surface area contributed by atoms with Crippen molar-refractivity contribution in [1.82, 2.24) is 10.3 Å². The molecule has 0 saturated heterocycles. The van der Waals surface area contributed by atoms with E-state index in [1.165, 1.54) is 0 Å². The van der Waals surface area contributed by atoms with Gasteiger partial charge in [-0.15, -0.1) is 0 Å². The molecule has 1 aliphatic heterocycles. The lowest BCUT2D eigenvalue weighted by atomic mass is 10.1. The van der Waals surface area contributed by atoms with Crippen molar-refractivity contribution in [2.75, 3.05) is 0 Å². The van der Waals surface area contributed by atoms with Gasteiger partial charge in [0.25, 0.3) is 0 Å². The first kappa shape index (κ1) is 12.1. The Bertz CT molecular complexity index is 502. The lowest BCUT2D eigenvalue weighted by Gasteiger charge is -2.12. The Hall–Kier alpha value is -1.34. The first-order valence-corrected chi connectivity index (χ1v) is 4.92. The summed E-state index contributed by atoms with van der Waals surface area (Å²) < 4.78 is 37.8. The van der Waals surface area contributed by atoms with Gasteiger partial charge in [-0.05, 0) is 0 Å². The zero-order valence-electron chi connectivity index (χ0n) is 8.23. The molecular weight excluding hydrogens is 261 g/mol. The number of halogens is 4. The zero-order valence-corrected chi connectivity index (χ0v) is 8.98. The molecule has 8 heteroatoms. The molecule has 1 aromatic rings. The summed E-state index contributed by atoms with van der Waals surface area (Å²) in [5.74, 6) is -1.48. The second kappa shape index (κ2) is 3.85. The van der Waals surface area contributed by atoms with Gasteiger partial charge in [0.1, 0.15) is 0 Å². The highest BCUT2D eigenvalue weighted by atomic mass is 35.5. The molecule has 0 amide bonds. The average Bonchev–Trinajstić information content (AvgIpc) is 2.61. The van der Waals surface area contributed by atoms with Crippen LogP contribution in [0.2, 0.25) is 5.02 Å². The van der Waals surface area contributed by atoms with Gasteiger partial charge in [0.2, 0.25) is 0 Å². The van der Waals surface area contributed by atoms with E-state index in [2.05, 4.69) is 10.3 Å². The van der Waals surface area contributed by atoms with E-state index in [9.17, 15) is 18.0 Å². The molecule has 1 aromatic heterocycles. The topological polar surface area (TPSA) is 62.2 Å². The maximum absolute atomic E-state index is 12.6. The third kappa shape index (κ3) is 1.96. The number of rotatable bonds is 1. The number of carbonyl (C=O) groups is 1. The van der Waals surface area contributed by atoms with Crippen molar-refractivity contribution in [3.05, 3.63) is 27.5 Å². The first-order valence-electron chi connectivity index (χ1n) is 4.55. The van der Waals surface area contributed by atoms with E-state index >= 15 is 0 Å². The second-order valence-corrected chi connectivity index (χ2v) is 3.86. The minimum atomic E-state index is -4.76. The molecule has 0 aliphatic carbocycles. The van der Waals surface area contributed by atoms with E-state index < -0.39 is 28.4 Å². The summed E-state index contributed by atoms with van der Waals surface area (Å²) in [7, 11) is 0. The maximum atomic E-state index is 12.6. The van der Waals surface area contributed by atoms with Crippen LogP contribution in [0.5, 0.6) is 0 Å².